The third-order valence-electron chi connectivity index (χ3n) is 8.63. The lowest BCUT2D eigenvalue weighted by atomic mass is 9.77. The van der Waals surface area contributed by atoms with Gasteiger partial charge in [0.25, 0.3) is 0 Å². The lowest BCUT2D eigenvalue weighted by Gasteiger charge is -2.36. The Kier molecular flexibility index (Phi) is 7.17. The molecule has 0 amide bonds. The van der Waals surface area contributed by atoms with Crippen molar-refractivity contribution in [3.8, 4) is 11.1 Å². The molecule has 3 heterocycles. The molecule has 7 rings (SSSR count). The van der Waals surface area contributed by atoms with E-state index in [4.69, 9.17) is 0 Å². The second-order valence-corrected chi connectivity index (χ2v) is 11.3. The monoisotopic (exact) mass is 588 g/mol. The van der Waals surface area contributed by atoms with Crippen LogP contribution in [0.4, 0.5) is 18.9 Å². The normalized spacial score (nSPS) is 14.2. The average Bonchev–Trinajstić information content (AvgIpc) is 3.53. The van der Waals surface area contributed by atoms with Crippen molar-refractivity contribution in [2.75, 3.05) is 18.0 Å². The predicted molar refractivity (Wildman–Crippen MR) is 169 cm³/mol. The Morgan fingerprint density at radius 1 is 0.636 bits per heavy atom. The minimum Gasteiger partial charge on any atom is -0.371 e. The van der Waals surface area contributed by atoms with Gasteiger partial charge < -0.3 is 4.90 Å². The van der Waals surface area contributed by atoms with Crippen LogP contribution in [0.25, 0.3) is 22.0 Å². The Morgan fingerprint density at radius 3 is 1.75 bits per heavy atom. The van der Waals surface area contributed by atoms with Gasteiger partial charge in [-0.1, -0.05) is 97.1 Å². The standard InChI is InChI=1S/C37H31F3N4/c38-37(39,40)35-32(27-19-20-33-31(25-27)34(21-22-41-33)43-23-11-4-12-24-43)26-44(42-35)36(28-13-5-1-6-14-28,29-15-7-2-8-16-29)30-17-9-3-10-18-30/h1-3,5-10,13-22,25-26H,4,11-12,23-24H2. The van der Waals surface area contributed by atoms with Crippen LogP contribution < -0.4 is 4.90 Å². The summed E-state index contributed by atoms with van der Waals surface area (Å²) in [6, 6.07) is 36.2. The predicted octanol–water partition coefficient (Wildman–Crippen LogP) is 8.95. The number of halogens is 3. The summed E-state index contributed by atoms with van der Waals surface area (Å²) in [6.07, 6.45) is 2.03. The van der Waals surface area contributed by atoms with Gasteiger partial charge in [0.1, 0.15) is 5.54 Å². The van der Waals surface area contributed by atoms with E-state index >= 15 is 0 Å². The Morgan fingerprint density at radius 2 is 1.20 bits per heavy atom. The van der Waals surface area contributed by atoms with Gasteiger partial charge in [-0.25, -0.2) is 0 Å². The van der Waals surface area contributed by atoms with Crippen molar-refractivity contribution >= 4 is 16.6 Å². The zero-order chi connectivity index (χ0) is 30.1. The first-order valence-electron chi connectivity index (χ1n) is 14.9. The molecule has 6 aromatic rings. The molecule has 0 unspecified atom stereocenters. The highest BCUT2D eigenvalue weighted by atomic mass is 19.4. The fourth-order valence-corrected chi connectivity index (χ4v) is 6.61. The molecule has 1 fully saturated rings. The van der Waals surface area contributed by atoms with Gasteiger partial charge in [0, 0.05) is 42.1 Å². The minimum atomic E-state index is -4.68. The number of alkyl halides is 3. The number of aromatic nitrogens is 3. The van der Waals surface area contributed by atoms with Gasteiger partial charge >= 0.3 is 6.18 Å². The van der Waals surface area contributed by atoms with Crippen molar-refractivity contribution in [1.82, 2.24) is 14.8 Å². The number of benzene rings is 4. The van der Waals surface area contributed by atoms with Crippen LogP contribution >= 0.6 is 0 Å². The maximum absolute atomic E-state index is 14.9. The van der Waals surface area contributed by atoms with Gasteiger partial charge in [0.15, 0.2) is 5.69 Å². The molecular formula is C37H31F3N4. The summed E-state index contributed by atoms with van der Waals surface area (Å²) in [6.45, 7) is 1.84. The van der Waals surface area contributed by atoms with Gasteiger partial charge in [0.05, 0.1) is 5.52 Å². The van der Waals surface area contributed by atoms with E-state index in [0.717, 1.165) is 59.2 Å². The van der Waals surface area contributed by atoms with Crippen LogP contribution in [0.15, 0.2) is 128 Å². The van der Waals surface area contributed by atoms with Crippen molar-refractivity contribution in [2.24, 2.45) is 0 Å². The van der Waals surface area contributed by atoms with Crippen LogP contribution in [0, 0.1) is 0 Å². The van der Waals surface area contributed by atoms with Crippen LogP contribution in [-0.4, -0.2) is 27.9 Å². The summed E-state index contributed by atoms with van der Waals surface area (Å²) < 4.78 is 46.3. The highest BCUT2D eigenvalue weighted by molar-refractivity contribution is 5.95. The Labute approximate surface area is 254 Å². The van der Waals surface area contributed by atoms with Gasteiger partial charge in [-0.3, -0.25) is 9.67 Å². The van der Waals surface area contributed by atoms with Crippen molar-refractivity contribution in [1.29, 1.82) is 0 Å². The summed E-state index contributed by atoms with van der Waals surface area (Å²) in [5.41, 5.74) is 2.55. The number of piperidine rings is 1. The van der Waals surface area contributed by atoms with E-state index in [9.17, 15) is 13.2 Å². The van der Waals surface area contributed by atoms with E-state index in [1.165, 1.54) is 11.1 Å². The lowest BCUT2D eigenvalue weighted by molar-refractivity contribution is -0.141. The van der Waals surface area contributed by atoms with E-state index < -0.39 is 17.4 Å². The molecule has 0 radical (unpaired) electrons. The molecule has 1 aliphatic heterocycles. The first-order chi connectivity index (χ1) is 21.5. The van der Waals surface area contributed by atoms with E-state index in [1.807, 2.05) is 109 Å². The van der Waals surface area contributed by atoms with Crippen molar-refractivity contribution < 1.29 is 13.2 Å². The number of rotatable bonds is 6. The molecule has 0 atom stereocenters. The van der Waals surface area contributed by atoms with Gasteiger partial charge in [-0.05, 0) is 59.7 Å². The molecule has 7 heteroatoms. The largest absolute Gasteiger partial charge is 0.435 e. The Bertz CT molecular complexity index is 1780. The maximum atomic E-state index is 14.9. The Hall–Kier alpha value is -4.91. The smallest absolute Gasteiger partial charge is 0.371 e. The highest BCUT2D eigenvalue weighted by Gasteiger charge is 2.44. The van der Waals surface area contributed by atoms with Gasteiger partial charge in [-0.2, -0.15) is 18.3 Å². The van der Waals surface area contributed by atoms with Crippen LogP contribution in [0.2, 0.25) is 0 Å². The van der Waals surface area contributed by atoms with E-state index in [0.29, 0.717) is 5.56 Å². The molecule has 4 nitrogen and oxygen atoms in total. The molecular weight excluding hydrogens is 557 g/mol. The van der Waals surface area contributed by atoms with Crippen LogP contribution in [0.5, 0.6) is 0 Å². The molecule has 1 saturated heterocycles. The molecule has 0 bridgehead atoms. The zero-order valence-corrected chi connectivity index (χ0v) is 24.1. The number of hydrogen-bond donors (Lipinski definition) is 0. The summed E-state index contributed by atoms with van der Waals surface area (Å²) >= 11 is 0. The number of fused-ring (bicyclic) bond motifs is 1. The quantitative estimate of drug-likeness (QED) is 0.182. The molecule has 0 N–H and O–H groups in total. The number of pyridine rings is 1. The van der Waals surface area contributed by atoms with Crippen LogP contribution in [0.3, 0.4) is 0 Å². The molecule has 44 heavy (non-hydrogen) atoms. The van der Waals surface area contributed by atoms with Crippen LogP contribution in [0.1, 0.15) is 41.6 Å². The minimum absolute atomic E-state index is 0.0278. The molecule has 4 aromatic carbocycles. The third kappa shape index (κ3) is 4.82. The zero-order valence-electron chi connectivity index (χ0n) is 24.1. The average molecular weight is 589 g/mol. The summed E-state index contributed by atoms with van der Waals surface area (Å²) in [5, 5.41) is 5.26. The SMILES string of the molecule is FC(F)(F)c1nn(C(c2ccccc2)(c2ccccc2)c2ccccc2)cc1-c1ccc2nccc(N3CCCCC3)c2c1. The summed E-state index contributed by atoms with van der Waals surface area (Å²) in [7, 11) is 0. The molecule has 2 aromatic heterocycles. The van der Waals surface area contributed by atoms with E-state index in [-0.39, 0.29) is 5.56 Å². The molecule has 0 spiro atoms. The van der Waals surface area contributed by atoms with Crippen molar-refractivity contribution in [3.05, 3.63) is 150 Å². The number of anilines is 1. The molecule has 220 valence electrons. The lowest BCUT2D eigenvalue weighted by Crippen LogP contribution is -2.38. The highest BCUT2D eigenvalue weighted by Crippen LogP contribution is 2.44. The van der Waals surface area contributed by atoms with Gasteiger partial charge in [0.2, 0.25) is 0 Å². The second kappa shape index (κ2) is 11.3. The van der Waals surface area contributed by atoms with Gasteiger partial charge in [-0.15, -0.1) is 0 Å². The maximum Gasteiger partial charge on any atom is 0.435 e. The topological polar surface area (TPSA) is 34.0 Å². The molecule has 0 saturated carbocycles. The number of hydrogen-bond acceptors (Lipinski definition) is 3. The fraction of sp³-hybridized carbons (Fsp3) is 0.189. The van der Waals surface area contributed by atoms with Crippen molar-refractivity contribution in [3.63, 3.8) is 0 Å². The second-order valence-electron chi connectivity index (χ2n) is 11.3. The number of nitrogens with zero attached hydrogens (tertiary/aromatic N) is 4. The fourth-order valence-electron chi connectivity index (χ4n) is 6.61. The first-order valence-corrected chi connectivity index (χ1v) is 14.9. The van der Waals surface area contributed by atoms with E-state index in [1.54, 1.807) is 18.5 Å². The first kappa shape index (κ1) is 27.9. The summed E-state index contributed by atoms with van der Waals surface area (Å²) in [4.78, 5) is 6.85. The molecule has 0 aliphatic carbocycles. The van der Waals surface area contributed by atoms with Crippen LogP contribution in [-0.2, 0) is 11.7 Å². The molecule has 1 aliphatic rings. The third-order valence-corrected chi connectivity index (χ3v) is 8.63. The Balaban J connectivity index is 1.50. The summed E-state index contributed by atoms with van der Waals surface area (Å²) in [5.74, 6) is 0. The van der Waals surface area contributed by atoms with E-state index in [2.05, 4.69) is 15.0 Å². The van der Waals surface area contributed by atoms with Crippen molar-refractivity contribution in [2.45, 2.75) is 31.0 Å².